The zero-order valence-electron chi connectivity index (χ0n) is 10.9. The molecule has 2 heterocycles. The van der Waals surface area contributed by atoms with E-state index in [4.69, 9.17) is 0 Å². The van der Waals surface area contributed by atoms with Gasteiger partial charge in [-0.15, -0.1) is 0 Å². The van der Waals surface area contributed by atoms with Crippen molar-refractivity contribution in [3.63, 3.8) is 0 Å². The summed E-state index contributed by atoms with van der Waals surface area (Å²) >= 11 is 0. The number of hydrogen-bond acceptors (Lipinski definition) is 0. The first-order valence-corrected chi connectivity index (χ1v) is 9.44. The van der Waals surface area contributed by atoms with E-state index < -0.39 is 8.07 Å². The van der Waals surface area contributed by atoms with Crippen LogP contribution in [0.1, 0.15) is 18.4 Å². The lowest BCUT2D eigenvalue weighted by atomic mass is 10.0. The SMILES string of the molecule is Cc1ccc2c(c1)[Si]1(CCCC1)c1ccccc1-2. The van der Waals surface area contributed by atoms with Crippen LogP contribution in [0.15, 0.2) is 42.5 Å². The fourth-order valence-electron chi connectivity index (χ4n) is 4.09. The average Bonchev–Trinajstić information content (AvgIpc) is 2.98. The van der Waals surface area contributed by atoms with Crippen LogP contribution in [0.25, 0.3) is 11.1 Å². The molecule has 1 heteroatoms. The first-order valence-electron chi connectivity index (χ1n) is 7.02. The summed E-state index contributed by atoms with van der Waals surface area (Å²) in [6, 6.07) is 19.3. The van der Waals surface area contributed by atoms with Crippen LogP contribution in [0.2, 0.25) is 12.1 Å². The van der Waals surface area contributed by atoms with Crippen molar-refractivity contribution in [3.8, 4) is 11.1 Å². The van der Waals surface area contributed by atoms with Crippen LogP contribution in [0.4, 0.5) is 0 Å². The molecule has 0 bridgehead atoms. The molecule has 1 saturated heterocycles. The molecular weight excluding hydrogens is 232 g/mol. The Bertz CT molecular complexity index is 621. The minimum atomic E-state index is -1.34. The molecule has 4 rings (SSSR count). The third-order valence-electron chi connectivity index (χ3n) is 4.88. The Morgan fingerprint density at radius 1 is 0.833 bits per heavy atom. The van der Waals surface area contributed by atoms with Crippen molar-refractivity contribution in [1.82, 2.24) is 0 Å². The van der Waals surface area contributed by atoms with Gasteiger partial charge < -0.3 is 0 Å². The van der Waals surface area contributed by atoms with Crippen molar-refractivity contribution >= 4 is 18.4 Å². The third-order valence-corrected chi connectivity index (χ3v) is 10.2. The molecule has 0 saturated carbocycles. The van der Waals surface area contributed by atoms with E-state index in [-0.39, 0.29) is 0 Å². The van der Waals surface area contributed by atoms with E-state index in [1.165, 1.54) is 30.5 Å². The first-order chi connectivity index (χ1) is 8.81. The Morgan fingerprint density at radius 3 is 2.39 bits per heavy atom. The van der Waals surface area contributed by atoms with Crippen molar-refractivity contribution in [2.75, 3.05) is 0 Å². The second-order valence-corrected chi connectivity index (χ2v) is 10.1. The lowest BCUT2D eigenvalue weighted by Crippen LogP contribution is -2.52. The topological polar surface area (TPSA) is 0 Å². The zero-order chi connectivity index (χ0) is 12.2. The van der Waals surface area contributed by atoms with E-state index >= 15 is 0 Å². The van der Waals surface area contributed by atoms with E-state index in [9.17, 15) is 0 Å². The summed E-state index contributed by atoms with van der Waals surface area (Å²) in [7, 11) is -1.34. The lowest BCUT2D eigenvalue weighted by molar-refractivity contribution is 0.935. The highest BCUT2D eigenvalue weighted by molar-refractivity contribution is 7.06. The van der Waals surface area contributed by atoms with Gasteiger partial charge in [-0.2, -0.15) is 0 Å². The van der Waals surface area contributed by atoms with Crippen LogP contribution < -0.4 is 10.4 Å². The molecule has 0 atom stereocenters. The molecule has 0 aliphatic carbocycles. The Kier molecular flexibility index (Phi) is 2.10. The molecule has 0 N–H and O–H groups in total. The minimum absolute atomic E-state index is 1.34. The number of rotatable bonds is 0. The highest BCUT2D eigenvalue weighted by atomic mass is 28.3. The maximum Gasteiger partial charge on any atom is 0.119 e. The van der Waals surface area contributed by atoms with Gasteiger partial charge in [0.25, 0.3) is 0 Å². The maximum absolute atomic E-state index is 2.49. The van der Waals surface area contributed by atoms with Crippen molar-refractivity contribution in [2.45, 2.75) is 31.9 Å². The van der Waals surface area contributed by atoms with Gasteiger partial charge in [-0.05, 0) is 40.5 Å². The van der Waals surface area contributed by atoms with Crippen LogP contribution in [-0.2, 0) is 0 Å². The summed E-state index contributed by atoms with van der Waals surface area (Å²) in [6.45, 7) is 2.24. The quantitative estimate of drug-likeness (QED) is 0.629. The predicted octanol–water partition coefficient (Wildman–Crippen LogP) is 3.33. The van der Waals surface area contributed by atoms with Gasteiger partial charge in [-0.1, -0.05) is 60.9 Å². The Balaban J connectivity index is 2.08. The third kappa shape index (κ3) is 1.20. The zero-order valence-corrected chi connectivity index (χ0v) is 11.9. The molecule has 0 radical (unpaired) electrons. The molecule has 1 spiro atoms. The van der Waals surface area contributed by atoms with Crippen LogP contribution in [0, 0.1) is 6.92 Å². The number of aryl methyl sites for hydroxylation is 1. The molecule has 1 fully saturated rings. The number of fused-ring (bicyclic) bond motifs is 5. The molecule has 0 amide bonds. The monoisotopic (exact) mass is 250 g/mol. The second-order valence-electron chi connectivity index (χ2n) is 5.88. The summed E-state index contributed by atoms with van der Waals surface area (Å²) in [5.74, 6) is 0. The van der Waals surface area contributed by atoms with Gasteiger partial charge in [0, 0.05) is 0 Å². The lowest BCUT2D eigenvalue weighted by Gasteiger charge is -2.23. The van der Waals surface area contributed by atoms with Crippen LogP contribution in [0.3, 0.4) is 0 Å². The first kappa shape index (κ1) is 10.6. The van der Waals surface area contributed by atoms with E-state index in [0.29, 0.717) is 0 Å². The summed E-state index contributed by atoms with van der Waals surface area (Å²) in [5, 5.41) is 3.46. The van der Waals surface area contributed by atoms with Crippen LogP contribution >= 0.6 is 0 Å². The smallest absolute Gasteiger partial charge is 0.0623 e. The number of benzene rings is 2. The fourth-order valence-corrected chi connectivity index (χ4v) is 9.80. The Labute approximate surface area is 110 Å². The summed E-state index contributed by atoms with van der Waals surface area (Å²) in [5.41, 5.74) is 4.52. The minimum Gasteiger partial charge on any atom is -0.0623 e. The van der Waals surface area contributed by atoms with Gasteiger partial charge in [0.2, 0.25) is 0 Å². The molecule has 2 aromatic rings. The molecule has 2 aliphatic heterocycles. The van der Waals surface area contributed by atoms with Crippen molar-refractivity contribution in [2.24, 2.45) is 0 Å². The maximum atomic E-state index is 2.49. The Morgan fingerprint density at radius 2 is 1.56 bits per heavy atom. The second kappa shape index (κ2) is 3.58. The normalized spacial score (nSPS) is 18.9. The van der Waals surface area contributed by atoms with Crippen LogP contribution in [-0.4, -0.2) is 8.07 Å². The standard InChI is InChI=1S/C17H18Si/c1-13-8-9-15-14-6-2-3-7-16(14)18(17(15)12-13)10-4-5-11-18/h2-3,6-9,12H,4-5,10-11H2,1H3. The van der Waals surface area contributed by atoms with Gasteiger partial charge in [0.1, 0.15) is 8.07 Å². The highest BCUT2D eigenvalue weighted by Crippen LogP contribution is 2.38. The van der Waals surface area contributed by atoms with Crippen molar-refractivity contribution < 1.29 is 0 Å². The predicted molar refractivity (Wildman–Crippen MR) is 80.5 cm³/mol. The van der Waals surface area contributed by atoms with E-state index in [2.05, 4.69) is 49.4 Å². The van der Waals surface area contributed by atoms with Gasteiger partial charge in [0.15, 0.2) is 0 Å². The van der Waals surface area contributed by atoms with Gasteiger partial charge >= 0.3 is 0 Å². The molecule has 0 aromatic heterocycles. The van der Waals surface area contributed by atoms with Crippen molar-refractivity contribution in [1.29, 1.82) is 0 Å². The van der Waals surface area contributed by atoms with Gasteiger partial charge in [0.05, 0.1) is 0 Å². The molecule has 90 valence electrons. The highest BCUT2D eigenvalue weighted by Gasteiger charge is 2.46. The summed E-state index contributed by atoms with van der Waals surface area (Å²) in [4.78, 5) is 0. The molecule has 2 aromatic carbocycles. The fraction of sp³-hybridized carbons (Fsp3) is 0.294. The van der Waals surface area contributed by atoms with Crippen LogP contribution in [0.5, 0.6) is 0 Å². The van der Waals surface area contributed by atoms with E-state index in [0.717, 1.165) is 0 Å². The summed E-state index contributed by atoms with van der Waals surface area (Å²) < 4.78 is 0. The molecule has 2 aliphatic rings. The average molecular weight is 250 g/mol. The summed E-state index contributed by atoms with van der Waals surface area (Å²) in [6.07, 6.45) is 2.88. The van der Waals surface area contributed by atoms with Gasteiger partial charge in [-0.3, -0.25) is 0 Å². The largest absolute Gasteiger partial charge is 0.119 e. The molecule has 18 heavy (non-hydrogen) atoms. The van der Waals surface area contributed by atoms with E-state index in [1.807, 2.05) is 0 Å². The molecule has 0 unspecified atom stereocenters. The number of hydrogen-bond donors (Lipinski definition) is 0. The van der Waals surface area contributed by atoms with Crippen molar-refractivity contribution in [3.05, 3.63) is 48.0 Å². The Hall–Kier alpha value is -1.34. The molecule has 0 nitrogen and oxygen atoms in total. The van der Waals surface area contributed by atoms with E-state index in [1.54, 1.807) is 21.5 Å². The molecular formula is C17H18Si. The van der Waals surface area contributed by atoms with Gasteiger partial charge in [-0.25, -0.2) is 0 Å².